The van der Waals surface area contributed by atoms with Crippen LogP contribution in [-0.4, -0.2) is 36.1 Å². The number of piperazine rings is 1. The molecule has 4 aromatic rings. The van der Waals surface area contributed by atoms with Gasteiger partial charge >= 0.3 is 0 Å². The van der Waals surface area contributed by atoms with E-state index in [1.165, 1.54) is 37.1 Å². The first kappa shape index (κ1) is 17.9. The van der Waals surface area contributed by atoms with E-state index >= 15 is 0 Å². The summed E-state index contributed by atoms with van der Waals surface area (Å²) in [5, 5.41) is 2.31. The number of rotatable bonds is 3. The summed E-state index contributed by atoms with van der Waals surface area (Å²) in [4.78, 5) is 14.8. The molecule has 0 atom stereocenters. The molecule has 0 unspecified atom stereocenters. The lowest BCUT2D eigenvalue weighted by molar-refractivity contribution is 0.651. The highest BCUT2D eigenvalue weighted by Gasteiger charge is 2.23. The second-order valence-electron chi connectivity index (χ2n) is 7.44. The lowest BCUT2D eigenvalue weighted by atomic mass is 10.1. The first-order valence-corrected chi connectivity index (χ1v) is 11.5. The Kier molecular flexibility index (Phi) is 4.48. The third-order valence-electron chi connectivity index (χ3n) is 5.77. The van der Waals surface area contributed by atoms with E-state index in [0.29, 0.717) is 0 Å². The first-order chi connectivity index (χ1) is 13.6. The van der Waals surface area contributed by atoms with Crippen LogP contribution in [0.4, 0.5) is 10.3 Å². The molecule has 6 heteroatoms. The molecule has 1 aliphatic rings. The van der Waals surface area contributed by atoms with Crippen LogP contribution in [0.2, 0.25) is 0 Å². The maximum absolute atomic E-state index is 4.97. The van der Waals surface area contributed by atoms with Crippen LogP contribution in [0.25, 0.3) is 20.4 Å². The Balaban J connectivity index is 1.36. The van der Waals surface area contributed by atoms with E-state index < -0.39 is 0 Å². The van der Waals surface area contributed by atoms with Gasteiger partial charge in [-0.3, -0.25) is 0 Å². The van der Waals surface area contributed by atoms with E-state index in [-0.39, 0.29) is 0 Å². The van der Waals surface area contributed by atoms with Crippen LogP contribution >= 0.6 is 22.7 Å². The van der Waals surface area contributed by atoms with Gasteiger partial charge in [0.15, 0.2) is 10.3 Å². The summed E-state index contributed by atoms with van der Waals surface area (Å²) < 4.78 is 2.59. The zero-order chi connectivity index (χ0) is 19.3. The summed E-state index contributed by atoms with van der Waals surface area (Å²) in [6.45, 7) is 10.5. The largest absolute Gasteiger partial charge is 0.345 e. The van der Waals surface area contributed by atoms with Gasteiger partial charge in [-0.05, 0) is 49.1 Å². The highest BCUT2D eigenvalue weighted by Crippen LogP contribution is 2.34. The highest BCUT2D eigenvalue weighted by molar-refractivity contribution is 7.22. The molecule has 5 rings (SSSR count). The minimum atomic E-state index is 0.994. The summed E-state index contributed by atoms with van der Waals surface area (Å²) in [5.74, 6) is 0. The van der Waals surface area contributed by atoms with Crippen molar-refractivity contribution in [2.45, 2.75) is 27.2 Å². The summed E-state index contributed by atoms with van der Waals surface area (Å²) in [7, 11) is 0. The van der Waals surface area contributed by atoms with Gasteiger partial charge in [0.2, 0.25) is 0 Å². The van der Waals surface area contributed by atoms with Crippen molar-refractivity contribution >= 4 is 53.4 Å². The second-order valence-corrected chi connectivity index (χ2v) is 9.46. The van der Waals surface area contributed by atoms with E-state index in [4.69, 9.17) is 9.97 Å². The number of hydrogen-bond acceptors (Lipinski definition) is 6. The summed E-state index contributed by atoms with van der Waals surface area (Å²) >= 11 is 3.64. The standard InChI is InChI=1S/C22H24N4S2/c1-4-16-6-5-7-17-20(16)24-22(27-17)26-12-10-25(11-13-26)21-23-19-15(3)14(2)8-9-18(19)28-21/h5-9H,4,10-13H2,1-3H3. The molecule has 0 saturated carbocycles. The van der Waals surface area contributed by atoms with Crippen LogP contribution in [0, 0.1) is 13.8 Å². The number of anilines is 2. The average Bonchev–Trinajstić information content (AvgIpc) is 3.35. The molecule has 1 fully saturated rings. The van der Waals surface area contributed by atoms with Gasteiger partial charge in [0, 0.05) is 26.2 Å². The predicted molar refractivity (Wildman–Crippen MR) is 123 cm³/mol. The molecular weight excluding hydrogens is 384 g/mol. The number of hydrogen-bond donors (Lipinski definition) is 0. The Morgan fingerprint density at radius 1 is 0.821 bits per heavy atom. The van der Waals surface area contributed by atoms with Crippen LogP contribution < -0.4 is 9.80 Å². The summed E-state index contributed by atoms with van der Waals surface area (Å²) in [6, 6.07) is 11.0. The fraction of sp³-hybridized carbons (Fsp3) is 0.364. The smallest absolute Gasteiger partial charge is 0.186 e. The van der Waals surface area contributed by atoms with E-state index in [1.807, 2.05) is 22.7 Å². The molecule has 2 aromatic carbocycles. The van der Waals surface area contributed by atoms with Gasteiger partial charge < -0.3 is 9.80 Å². The van der Waals surface area contributed by atoms with Crippen molar-refractivity contribution in [2.24, 2.45) is 0 Å². The number of benzene rings is 2. The fourth-order valence-corrected chi connectivity index (χ4v) is 6.00. The Bertz CT molecular complexity index is 1150. The summed E-state index contributed by atoms with van der Waals surface area (Å²) in [6.07, 6.45) is 1.03. The van der Waals surface area contributed by atoms with Crippen LogP contribution in [0.15, 0.2) is 30.3 Å². The molecule has 1 aliphatic heterocycles. The Hall–Kier alpha value is -2.18. The molecule has 0 bridgehead atoms. The van der Waals surface area contributed by atoms with Gasteiger partial charge in [-0.1, -0.05) is 47.8 Å². The molecule has 4 nitrogen and oxygen atoms in total. The lowest BCUT2D eigenvalue weighted by Gasteiger charge is -2.34. The Morgan fingerprint density at radius 3 is 2.07 bits per heavy atom. The lowest BCUT2D eigenvalue weighted by Crippen LogP contribution is -2.46. The number of aryl methyl sites for hydroxylation is 3. The van der Waals surface area contributed by atoms with Crippen molar-refractivity contribution in [3.63, 3.8) is 0 Å². The quantitative estimate of drug-likeness (QED) is 0.454. The van der Waals surface area contributed by atoms with E-state index in [2.05, 4.69) is 60.9 Å². The molecule has 0 aliphatic carbocycles. The van der Waals surface area contributed by atoms with Crippen molar-refractivity contribution in [2.75, 3.05) is 36.0 Å². The first-order valence-electron chi connectivity index (χ1n) is 9.89. The third kappa shape index (κ3) is 2.95. The third-order valence-corrected chi connectivity index (χ3v) is 7.93. The van der Waals surface area contributed by atoms with Gasteiger partial charge in [-0.2, -0.15) is 0 Å². The molecule has 144 valence electrons. The summed E-state index contributed by atoms with van der Waals surface area (Å²) in [5.41, 5.74) is 6.32. The van der Waals surface area contributed by atoms with E-state index in [1.54, 1.807) is 0 Å². The van der Waals surface area contributed by atoms with Gasteiger partial charge in [-0.25, -0.2) is 9.97 Å². The number of fused-ring (bicyclic) bond motifs is 2. The monoisotopic (exact) mass is 408 g/mol. The molecule has 0 N–H and O–H groups in total. The number of thiazole rings is 2. The van der Waals surface area contributed by atoms with Crippen LogP contribution in [0.1, 0.15) is 23.6 Å². The SMILES string of the molecule is CCc1cccc2sc(N3CCN(c4nc5c(C)c(C)ccc5s4)CC3)nc12. The number of nitrogens with zero attached hydrogens (tertiary/aromatic N) is 4. The molecule has 0 spiro atoms. The normalized spacial score (nSPS) is 15.1. The van der Waals surface area contributed by atoms with Crippen molar-refractivity contribution < 1.29 is 0 Å². The predicted octanol–water partition coefficient (Wildman–Crippen LogP) is 5.41. The van der Waals surface area contributed by atoms with Crippen molar-refractivity contribution in [1.82, 2.24) is 9.97 Å². The van der Waals surface area contributed by atoms with Gasteiger partial charge in [0.05, 0.1) is 20.4 Å². The van der Waals surface area contributed by atoms with Gasteiger partial charge in [0.25, 0.3) is 0 Å². The molecule has 3 heterocycles. The van der Waals surface area contributed by atoms with E-state index in [9.17, 15) is 0 Å². The van der Waals surface area contributed by atoms with Crippen molar-refractivity contribution in [3.8, 4) is 0 Å². The molecule has 0 amide bonds. The van der Waals surface area contributed by atoms with Gasteiger partial charge in [0.1, 0.15) is 0 Å². The van der Waals surface area contributed by atoms with Crippen molar-refractivity contribution in [3.05, 3.63) is 47.0 Å². The van der Waals surface area contributed by atoms with Crippen molar-refractivity contribution in [1.29, 1.82) is 0 Å². The fourth-order valence-electron chi connectivity index (χ4n) is 3.85. The topological polar surface area (TPSA) is 32.3 Å². The minimum Gasteiger partial charge on any atom is -0.345 e. The molecular formula is C22H24N4S2. The Labute approximate surface area is 173 Å². The maximum Gasteiger partial charge on any atom is 0.186 e. The van der Waals surface area contributed by atoms with E-state index in [0.717, 1.165) is 42.9 Å². The average molecular weight is 409 g/mol. The van der Waals surface area contributed by atoms with Crippen LogP contribution in [0.5, 0.6) is 0 Å². The van der Waals surface area contributed by atoms with Crippen LogP contribution in [0.3, 0.4) is 0 Å². The Morgan fingerprint density at radius 2 is 1.43 bits per heavy atom. The number of para-hydroxylation sites is 1. The maximum atomic E-state index is 4.97. The zero-order valence-corrected chi connectivity index (χ0v) is 18.2. The second kappa shape index (κ2) is 7.01. The molecule has 1 saturated heterocycles. The zero-order valence-electron chi connectivity index (χ0n) is 16.5. The van der Waals surface area contributed by atoms with Crippen LogP contribution in [-0.2, 0) is 6.42 Å². The number of aromatic nitrogens is 2. The molecule has 28 heavy (non-hydrogen) atoms. The van der Waals surface area contributed by atoms with Gasteiger partial charge in [-0.15, -0.1) is 0 Å². The minimum absolute atomic E-state index is 0.994. The molecule has 2 aromatic heterocycles. The highest BCUT2D eigenvalue weighted by atomic mass is 32.1. The molecule has 0 radical (unpaired) electrons.